The molecule has 6 nitrogen and oxygen atoms in total. The number of aliphatic hydroxyl groups is 3. The van der Waals surface area contributed by atoms with E-state index in [0.29, 0.717) is 6.42 Å². The zero-order chi connectivity index (χ0) is 15.4. The SMILES string of the molecule is O=C(O)c1ccc(/C=C/CC2OC(CO)C(O)C2O)cc1. The second-order valence-corrected chi connectivity index (χ2v) is 4.94. The van der Waals surface area contributed by atoms with E-state index in [9.17, 15) is 15.0 Å². The number of carboxylic acid groups (broad SMARTS) is 1. The monoisotopic (exact) mass is 294 g/mol. The highest BCUT2D eigenvalue weighted by atomic mass is 16.6. The summed E-state index contributed by atoms with van der Waals surface area (Å²) in [5, 5.41) is 37.2. The van der Waals surface area contributed by atoms with E-state index in [-0.39, 0.29) is 12.2 Å². The third-order valence-electron chi connectivity index (χ3n) is 3.48. The Morgan fingerprint density at radius 3 is 2.29 bits per heavy atom. The molecule has 0 radical (unpaired) electrons. The van der Waals surface area contributed by atoms with E-state index in [0.717, 1.165) is 5.56 Å². The minimum absolute atomic E-state index is 0.218. The molecule has 6 heteroatoms. The van der Waals surface area contributed by atoms with Crippen molar-refractivity contribution in [2.75, 3.05) is 6.61 Å². The van der Waals surface area contributed by atoms with Gasteiger partial charge in [-0.25, -0.2) is 4.79 Å². The van der Waals surface area contributed by atoms with Gasteiger partial charge in [0.15, 0.2) is 0 Å². The Hall–Kier alpha value is -1.73. The lowest BCUT2D eigenvalue weighted by Gasteiger charge is -2.11. The van der Waals surface area contributed by atoms with E-state index in [2.05, 4.69) is 0 Å². The maximum Gasteiger partial charge on any atom is 0.335 e. The van der Waals surface area contributed by atoms with Gasteiger partial charge >= 0.3 is 5.97 Å². The molecule has 4 atom stereocenters. The molecule has 4 N–H and O–H groups in total. The van der Waals surface area contributed by atoms with Gasteiger partial charge in [-0.15, -0.1) is 0 Å². The van der Waals surface area contributed by atoms with Gasteiger partial charge in [0.1, 0.15) is 18.3 Å². The summed E-state index contributed by atoms with van der Waals surface area (Å²) in [5.74, 6) is -0.975. The van der Waals surface area contributed by atoms with Crippen molar-refractivity contribution in [2.45, 2.75) is 30.8 Å². The summed E-state index contributed by atoms with van der Waals surface area (Å²) in [4.78, 5) is 10.7. The Bertz CT molecular complexity index is 509. The Labute approximate surface area is 121 Å². The van der Waals surface area contributed by atoms with Crippen LogP contribution in [0, 0.1) is 0 Å². The third-order valence-corrected chi connectivity index (χ3v) is 3.48. The van der Waals surface area contributed by atoms with Crippen molar-refractivity contribution >= 4 is 12.0 Å². The Morgan fingerprint density at radius 1 is 1.14 bits per heavy atom. The van der Waals surface area contributed by atoms with Crippen molar-refractivity contribution in [1.82, 2.24) is 0 Å². The van der Waals surface area contributed by atoms with E-state index < -0.39 is 30.4 Å². The van der Waals surface area contributed by atoms with Crippen LogP contribution >= 0.6 is 0 Å². The number of rotatable bonds is 5. The molecule has 0 bridgehead atoms. The van der Waals surface area contributed by atoms with Crippen LogP contribution in [0.4, 0.5) is 0 Å². The van der Waals surface area contributed by atoms with E-state index >= 15 is 0 Å². The largest absolute Gasteiger partial charge is 0.478 e. The van der Waals surface area contributed by atoms with Gasteiger partial charge in [-0.2, -0.15) is 0 Å². The average molecular weight is 294 g/mol. The number of benzene rings is 1. The molecule has 0 spiro atoms. The van der Waals surface area contributed by atoms with Gasteiger partial charge in [0.2, 0.25) is 0 Å². The number of aliphatic hydroxyl groups excluding tert-OH is 3. The van der Waals surface area contributed by atoms with Gasteiger partial charge in [-0.3, -0.25) is 0 Å². The van der Waals surface area contributed by atoms with Gasteiger partial charge < -0.3 is 25.2 Å². The third kappa shape index (κ3) is 3.68. The van der Waals surface area contributed by atoms with Crippen molar-refractivity contribution in [3.63, 3.8) is 0 Å². The van der Waals surface area contributed by atoms with Crippen LogP contribution < -0.4 is 0 Å². The second-order valence-electron chi connectivity index (χ2n) is 4.94. The Balaban J connectivity index is 1.92. The lowest BCUT2D eigenvalue weighted by molar-refractivity contribution is -0.0208. The second kappa shape index (κ2) is 6.82. The molecule has 1 aromatic rings. The van der Waals surface area contributed by atoms with Crippen molar-refractivity contribution in [1.29, 1.82) is 0 Å². The molecular formula is C15H18O6. The molecule has 1 heterocycles. The quantitative estimate of drug-likeness (QED) is 0.621. The van der Waals surface area contributed by atoms with Crippen molar-refractivity contribution in [3.8, 4) is 0 Å². The molecule has 0 amide bonds. The topological polar surface area (TPSA) is 107 Å². The van der Waals surface area contributed by atoms with Gasteiger partial charge in [-0.1, -0.05) is 24.3 Å². The molecule has 114 valence electrons. The fourth-order valence-electron chi connectivity index (χ4n) is 2.25. The molecule has 0 aromatic heterocycles. The Morgan fingerprint density at radius 2 is 1.76 bits per heavy atom. The number of aromatic carboxylic acids is 1. The molecular weight excluding hydrogens is 276 g/mol. The van der Waals surface area contributed by atoms with Crippen LogP contribution in [0.1, 0.15) is 22.3 Å². The smallest absolute Gasteiger partial charge is 0.335 e. The summed E-state index contributed by atoms with van der Waals surface area (Å²) < 4.78 is 5.34. The molecule has 0 aliphatic carbocycles. The van der Waals surface area contributed by atoms with E-state index in [4.69, 9.17) is 14.9 Å². The minimum atomic E-state index is -1.08. The van der Waals surface area contributed by atoms with Crippen molar-refractivity contribution in [2.24, 2.45) is 0 Å². The van der Waals surface area contributed by atoms with Crippen LogP contribution in [-0.4, -0.2) is 57.4 Å². The van der Waals surface area contributed by atoms with E-state index in [1.165, 1.54) is 12.1 Å². The summed E-state index contributed by atoms with van der Waals surface area (Å²) in [6.45, 7) is -0.338. The Kier molecular flexibility index (Phi) is 5.08. The van der Waals surface area contributed by atoms with Crippen LogP contribution in [0.3, 0.4) is 0 Å². The van der Waals surface area contributed by atoms with Crippen molar-refractivity contribution < 1.29 is 30.0 Å². The molecule has 1 fully saturated rings. The highest BCUT2D eigenvalue weighted by molar-refractivity contribution is 5.87. The van der Waals surface area contributed by atoms with Crippen molar-refractivity contribution in [3.05, 3.63) is 41.5 Å². The number of ether oxygens (including phenoxy) is 1. The molecule has 21 heavy (non-hydrogen) atoms. The fraction of sp³-hybridized carbons (Fsp3) is 0.400. The zero-order valence-electron chi connectivity index (χ0n) is 11.3. The number of carbonyl (C=O) groups is 1. The van der Waals surface area contributed by atoms with Crippen LogP contribution in [-0.2, 0) is 4.74 Å². The fourth-order valence-corrected chi connectivity index (χ4v) is 2.25. The molecule has 2 rings (SSSR count). The molecule has 1 aliphatic rings. The first-order valence-corrected chi connectivity index (χ1v) is 6.65. The van der Waals surface area contributed by atoms with Gasteiger partial charge in [0.25, 0.3) is 0 Å². The van der Waals surface area contributed by atoms with Crippen LogP contribution in [0.25, 0.3) is 6.08 Å². The minimum Gasteiger partial charge on any atom is -0.478 e. The lowest BCUT2D eigenvalue weighted by atomic mass is 10.0. The molecule has 1 aromatic carbocycles. The number of carboxylic acids is 1. The summed E-state index contributed by atoms with van der Waals surface area (Å²) in [6, 6.07) is 6.37. The summed E-state index contributed by atoms with van der Waals surface area (Å²) in [5.41, 5.74) is 1.04. The number of hydrogen-bond acceptors (Lipinski definition) is 5. The lowest BCUT2D eigenvalue weighted by Crippen LogP contribution is -2.33. The van der Waals surface area contributed by atoms with Crippen LogP contribution in [0.5, 0.6) is 0 Å². The first-order valence-electron chi connectivity index (χ1n) is 6.65. The summed E-state index contributed by atoms with van der Waals surface area (Å²) in [6.07, 6.45) is 0.510. The first-order chi connectivity index (χ1) is 10.0. The van der Waals surface area contributed by atoms with Gasteiger partial charge in [0, 0.05) is 0 Å². The zero-order valence-corrected chi connectivity index (χ0v) is 11.3. The van der Waals surface area contributed by atoms with Gasteiger partial charge in [0.05, 0.1) is 18.3 Å². The predicted octanol–water partition coefficient (Wildman–Crippen LogP) is 0.270. The summed E-state index contributed by atoms with van der Waals surface area (Å²) >= 11 is 0. The number of hydrogen-bond donors (Lipinski definition) is 4. The average Bonchev–Trinajstić information content (AvgIpc) is 2.75. The molecule has 4 unspecified atom stereocenters. The van der Waals surface area contributed by atoms with E-state index in [1.54, 1.807) is 24.3 Å². The predicted molar refractivity (Wildman–Crippen MR) is 74.8 cm³/mol. The normalized spacial score (nSPS) is 29.1. The summed E-state index contributed by atoms with van der Waals surface area (Å²) in [7, 11) is 0. The van der Waals surface area contributed by atoms with Crippen LogP contribution in [0.15, 0.2) is 30.3 Å². The van der Waals surface area contributed by atoms with E-state index in [1.807, 2.05) is 0 Å². The first kappa shape index (κ1) is 15.7. The highest BCUT2D eigenvalue weighted by Crippen LogP contribution is 2.23. The molecule has 1 saturated heterocycles. The maximum absolute atomic E-state index is 10.7. The molecule has 0 saturated carbocycles. The van der Waals surface area contributed by atoms with Crippen LogP contribution in [0.2, 0.25) is 0 Å². The van der Waals surface area contributed by atoms with Gasteiger partial charge in [-0.05, 0) is 24.1 Å². The molecule has 1 aliphatic heterocycles. The maximum atomic E-state index is 10.7. The standard InChI is InChI=1S/C15H18O6/c16-8-12-14(18)13(17)11(21-12)3-1-2-9-4-6-10(7-5-9)15(19)20/h1-2,4-7,11-14,16-18H,3,8H2,(H,19,20)/b2-1+. The highest BCUT2D eigenvalue weighted by Gasteiger charge is 2.41.